The smallest absolute Gasteiger partial charge is 0.329 e. The fraction of sp³-hybridized carbons (Fsp3) is 0.529. The highest BCUT2D eigenvalue weighted by Gasteiger charge is 2.27. The Balaban J connectivity index is 1.61. The molecule has 0 aromatic carbocycles. The number of hydrogen-bond donors (Lipinski definition) is 2. The van der Waals surface area contributed by atoms with Crippen LogP contribution in [0.4, 0.5) is 5.82 Å². The standard InChI is InChI=1S/C17H23N5O4/c1-20-12-5-6-13(19-16(12)21(2)17(20)26)18-14(24)7-8-15(25)22-9-3-4-11(22)10-23/h5-6,11,23H,3-4,7-10H2,1-2H3,(H,18,19,24)/t11-/m1/s1. The van der Waals surface area contributed by atoms with E-state index in [-0.39, 0.29) is 43.0 Å². The molecule has 0 radical (unpaired) electrons. The summed E-state index contributed by atoms with van der Waals surface area (Å²) in [4.78, 5) is 42.2. The number of fused-ring (bicyclic) bond motifs is 1. The summed E-state index contributed by atoms with van der Waals surface area (Å²) in [7, 11) is 3.28. The molecule has 1 atom stereocenters. The van der Waals surface area contributed by atoms with Crippen molar-refractivity contribution < 1.29 is 14.7 Å². The van der Waals surface area contributed by atoms with Gasteiger partial charge in [-0.2, -0.15) is 0 Å². The van der Waals surface area contributed by atoms with Gasteiger partial charge in [-0.25, -0.2) is 9.78 Å². The minimum absolute atomic E-state index is 0.0426. The Labute approximate surface area is 150 Å². The molecule has 9 nitrogen and oxygen atoms in total. The van der Waals surface area contributed by atoms with Crippen molar-refractivity contribution in [3.05, 3.63) is 22.6 Å². The Hall–Kier alpha value is -2.68. The predicted octanol–water partition coefficient (Wildman–Crippen LogP) is -0.0260. The molecule has 0 unspecified atom stereocenters. The van der Waals surface area contributed by atoms with Crippen molar-refractivity contribution in [2.75, 3.05) is 18.5 Å². The van der Waals surface area contributed by atoms with Crippen LogP contribution in [0.15, 0.2) is 16.9 Å². The highest BCUT2D eigenvalue weighted by Crippen LogP contribution is 2.18. The van der Waals surface area contributed by atoms with Crippen LogP contribution in [0, 0.1) is 0 Å². The van der Waals surface area contributed by atoms with Crippen molar-refractivity contribution >= 4 is 28.8 Å². The molecule has 2 aromatic heterocycles. The van der Waals surface area contributed by atoms with Gasteiger partial charge in [-0.3, -0.25) is 18.7 Å². The molecule has 26 heavy (non-hydrogen) atoms. The van der Waals surface area contributed by atoms with E-state index in [0.29, 0.717) is 23.5 Å². The predicted molar refractivity (Wildman–Crippen MR) is 95.6 cm³/mol. The van der Waals surface area contributed by atoms with Crippen LogP contribution in [0.1, 0.15) is 25.7 Å². The third kappa shape index (κ3) is 3.34. The maximum atomic E-state index is 12.2. The van der Waals surface area contributed by atoms with E-state index in [1.54, 1.807) is 31.1 Å². The highest BCUT2D eigenvalue weighted by atomic mass is 16.3. The first-order valence-electron chi connectivity index (χ1n) is 8.65. The maximum Gasteiger partial charge on any atom is 0.329 e. The molecule has 9 heteroatoms. The number of rotatable bonds is 5. The number of imidazole rings is 1. The van der Waals surface area contributed by atoms with Crippen molar-refractivity contribution in [1.29, 1.82) is 0 Å². The molecule has 0 aliphatic carbocycles. The molecule has 2 amide bonds. The van der Waals surface area contributed by atoms with Crippen LogP contribution in [0.25, 0.3) is 11.2 Å². The second-order valence-corrected chi connectivity index (χ2v) is 6.55. The van der Waals surface area contributed by atoms with Crippen LogP contribution in [-0.4, -0.2) is 55.1 Å². The van der Waals surface area contributed by atoms with E-state index in [1.165, 1.54) is 9.13 Å². The number of anilines is 1. The summed E-state index contributed by atoms with van der Waals surface area (Å²) in [5.74, 6) is -0.0954. The maximum absolute atomic E-state index is 12.2. The SMILES string of the molecule is Cn1c(=O)n(C)c2nc(NC(=O)CCC(=O)N3CCC[C@@H]3CO)ccc21. The molecule has 0 spiro atoms. The van der Waals surface area contributed by atoms with Crippen molar-refractivity contribution in [2.24, 2.45) is 14.1 Å². The molecule has 1 saturated heterocycles. The number of aliphatic hydroxyl groups is 1. The van der Waals surface area contributed by atoms with Crippen LogP contribution >= 0.6 is 0 Å². The number of aromatic nitrogens is 3. The molecule has 0 saturated carbocycles. The van der Waals surface area contributed by atoms with Gasteiger partial charge >= 0.3 is 5.69 Å². The average molecular weight is 361 g/mol. The molecule has 3 rings (SSSR count). The number of hydrogen-bond acceptors (Lipinski definition) is 5. The zero-order valence-corrected chi connectivity index (χ0v) is 14.9. The Kier molecular flexibility index (Phi) is 5.08. The first-order chi connectivity index (χ1) is 12.4. The monoisotopic (exact) mass is 361 g/mol. The summed E-state index contributed by atoms with van der Waals surface area (Å²) in [6.07, 6.45) is 1.81. The second-order valence-electron chi connectivity index (χ2n) is 6.55. The van der Waals surface area contributed by atoms with Gasteiger partial charge in [0.1, 0.15) is 5.82 Å². The summed E-state index contributed by atoms with van der Waals surface area (Å²) < 4.78 is 2.90. The zero-order chi connectivity index (χ0) is 18.8. The molecule has 140 valence electrons. The van der Waals surface area contributed by atoms with Gasteiger partial charge in [0, 0.05) is 33.5 Å². The van der Waals surface area contributed by atoms with Crippen molar-refractivity contribution in [1.82, 2.24) is 19.0 Å². The number of aliphatic hydroxyl groups excluding tert-OH is 1. The Bertz CT molecular complexity index is 900. The summed E-state index contributed by atoms with van der Waals surface area (Å²) in [6.45, 7) is 0.587. The van der Waals surface area contributed by atoms with E-state index in [1.807, 2.05) is 0 Å². The lowest BCUT2D eigenvalue weighted by Gasteiger charge is -2.22. The molecule has 1 aliphatic heterocycles. The van der Waals surface area contributed by atoms with Gasteiger partial charge in [0.05, 0.1) is 18.2 Å². The number of amides is 2. The minimum atomic E-state index is -0.314. The summed E-state index contributed by atoms with van der Waals surface area (Å²) in [6, 6.07) is 3.22. The number of likely N-dealkylation sites (tertiary alicyclic amines) is 1. The van der Waals surface area contributed by atoms with Crippen molar-refractivity contribution in [3.8, 4) is 0 Å². The number of nitrogens with zero attached hydrogens (tertiary/aromatic N) is 4. The number of nitrogens with one attached hydrogen (secondary N) is 1. The van der Waals surface area contributed by atoms with Gasteiger partial charge in [-0.1, -0.05) is 0 Å². The fourth-order valence-corrected chi connectivity index (χ4v) is 3.36. The van der Waals surface area contributed by atoms with Crippen molar-refractivity contribution in [3.63, 3.8) is 0 Å². The average Bonchev–Trinajstić information content (AvgIpc) is 3.20. The summed E-state index contributed by atoms with van der Waals surface area (Å²) >= 11 is 0. The minimum Gasteiger partial charge on any atom is -0.394 e. The first kappa shape index (κ1) is 18.1. The quantitative estimate of drug-likeness (QED) is 0.777. The van der Waals surface area contributed by atoms with Gasteiger partial charge in [-0.05, 0) is 25.0 Å². The second kappa shape index (κ2) is 7.28. The molecule has 1 fully saturated rings. The molecule has 3 heterocycles. The van der Waals surface area contributed by atoms with Crippen LogP contribution < -0.4 is 11.0 Å². The normalized spacial score (nSPS) is 17.0. The number of carbonyl (C=O) groups excluding carboxylic acids is 2. The molecule has 2 aromatic rings. The molecular weight excluding hydrogens is 338 g/mol. The van der Waals surface area contributed by atoms with Gasteiger partial charge in [0.15, 0.2) is 5.65 Å². The Morgan fingerprint density at radius 1 is 1.27 bits per heavy atom. The van der Waals surface area contributed by atoms with E-state index in [9.17, 15) is 19.5 Å². The Morgan fingerprint density at radius 2 is 2.04 bits per heavy atom. The largest absolute Gasteiger partial charge is 0.394 e. The Morgan fingerprint density at radius 3 is 2.77 bits per heavy atom. The zero-order valence-electron chi connectivity index (χ0n) is 14.9. The number of pyridine rings is 1. The van der Waals surface area contributed by atoms with Gasteiger partial charge in [-0.15, -0.1) is 0 Å². The number of aryl methyl sites for hydroxylation is 2. The van der Waals surface area contributed by atoms with Crippen LogP contribution in [0.5, 0.6) is 0 Å². The first-order valence-corrected chi connectivity index (χ1v) is 8.65. The van der Waals surface area contributed by atoms with E-state index in [4.69, 9.17) is 0 Å². The van der Waals surface area contributed by atoms with Crippen molar-refractivity contribution in [2.45, 2.75) is 31.7 Å². The van der Waals surface area contributed by atoms with E-state index in [0.717, 1.165) is 12.8 Å². The van der Waals surface area contributed by atoms with Crippen LogP contribution in [0.3, 0.4) is 0 Å². The summed E-state index contributed by atoms with van der Waals surface area (Å²) in [5.41, 5.74) is 0.967. The van der Waals surface area contributed by atoms with E-state index >= 15 is 0 Å². The molecular formula is C17H23N5O4. The lowest BCUT2D eigenvalue weighted by atomic mass is 10.2. The van der Waals surface area contributed by atoms with E-state index < -0.39 is 0 Å². The number of carbonyl (C=O) groups is 2. The molecule has 2 N–H and O–H groups in total. The third-order valence-electron chi connectivity index (χ3n) is 4.85. The van der Waals surface area contributed by atoms with E-state index in [2.05, 4.69) is 10.3 Å². The molecule has 0 bridgehead atoms. The fourth-order valence-electron chi connectivity index (χ4n) is 3.36. The van der Waals surface area contributed by atoms with Gasteiger partial charge < -0.3 is 15.3 Å². The molecule has 1 aliphatic rings. The lowest BCUT2D eigenvalue weighted by molar-refractivity contribution is -0.134. The van der Waals surface area contributed by atoms with Gasteiger partial charge in [0.25, 0.3) is 0 Å². The van der Waals surface area contributed by atoms with Crippen LogP contribution in [-0.2, 0) is 23.7 Å². The van der Waals surface area contributed by atoms with Crippen LogP contribution in [0.2, 0.25) is 0 Å². The highest BCUT2D eigenvalue weighted by molar-refractivity contribution is 5.93. The van der Waals surface area contributed by atoms with Gasteiger partial charge in [0.2, 0.25) is 11.8 Å². The third-order valence-corrected chi connectivity index (χ3v) is 4.85. The lowest BCUT2D eigenvalue weighted by Crippen LogP contribution is -2.37. The summed E-state index contributed by atoms with van der Waals surface area (Å²) in [5, 5.41) is 11.9. The topological polar surface area (TPSA) is 109 Å².